The predicted molar refractivity (Wildman–Crippen MR) is 106 cm³/mol. The summed E-state index contributed by atoms with van der Waals surface area (Å²) in [4.78, 5) is 34.9. The number of benzene rings is 1. The lowest BCUT2D eigenvalue weighted by atomic mass is 9.95. The lowest BCUT2D eigenvalue weighted by Crippen LogP contribution is -2.31. The highest BCUT2D eigenvalue weighted by Crippen LogP contribution is 2.40. The van der Waals surface area contributed by atoms with E-state index in [0.717, 1.165) is 0 Å². The first kappa shape index (κ1) is 19.5. The van der Waals surface area contributed by atoms with E-state index >= 15 is 0 Å². The van der Waals surface area contributed by atoms with Crippen LogP contribution in [0.5, 0.6) is 0 Å². The highest BCUT2D eigenvalue weighted by atomic mass is 19.1. The molecule has 0 radical (unpaired) electrons. The topological polar surface area (TPSA) is 88.3 Å². The summed E-state index contributed by atoms with van der Waals surface area (Å²) in [5.74, 6) is -2.49. The summed E-state index contributed by atoms with van der Waals surface area (Å²) in [6, 6.07) is 8.01. The van der Waals surface area contributed by atoms with Gasteiger partial charge in [-0.05, 0) is 24.6 Å². The van der Waals surface area contributed by atoms with Gasteiger partial charge in [0.05, 0.1) is 17.9 Å². The number of ketones is 1. The molecule has 3 heterocycles. The molecule has 4 rings (SSSR count). The average molecular weight is 406 g/mol. The molecule has 0 spiro atoms. The van der Waals surface area contributed by atoms with Gasteiger partial charge in [0.2, 0.25) is 0 Å². The summed E-state index contributed by atoms with van der Waals surface area (Å²) >= 11 is 0. The van der Waals surface area contributed by atoms with Crippen LogP contribution in [0.4, 0.5) is 4.39 Å². The molecule has 2 aromatic heterocycles. The third-order valence-corrected chi connectivity index (χ3v) is 5.07. The summed E-state index contributed by atoms with van der Waals surface area (Å²) in [5.41, 5.74) is 0.372. The van der Waals surface area contributed by atoms with Crippen molar-refractivity contribution in [2.45, 2.75) is 19.0 Å². The van der Waals surface area contributed by atoms with E-state index in [1.54, 1.807) is 24.8 Å². The average Bonchev–Trinajstić information content (AvgIpc) is 3.37. The van der Waals surface area contributed by atoms with Crippen LogP contribution < -0.4 is 0 Å². The van der Waals surface area contributed by atoms with Crippen LogP contribution in [0, 0.1) is 5.82 Å². The van der Waals surface area contributed by atoms with Crippen LogP contribution in [0.2, 0.25) is 0 Å². The van der Waals surface area contributed by atoms with Crippen molar-refractivity contribution < 1.29 is 19.1 Å². The van der Waals surface area contributed by atoms with Gasteiger partial charge < -0.3 is 14.6 Å². The molecule has 1 atom stereocenters. The van der Waals surface area contributed by atoms with Gasteiger partial charge in [-0.25, -0.2) is 9.37 Å². The van der Waals surface area contributed by atoms with Crippen molar-refractivity contribution in [3.8, 4) is 0 Å². The van der Waals surface area contributed by atoms with Crippen LogP contribution in [-0.2, 0) is 16.1 Å². The zero-order valence-corrected chi connectivity index (χ0v) is 16.0. The van der Waals surface area contributed by atoms with E-state index in [0.29, 0.717) is 18.5 Å². The molecule has 1 unspecified atom stereocenters. The van der Waals surface area contributed by atoms with E-state index < -0.39 is 23.5 Å². The largest absolute Gasteiger partial charge is 0.507 e. The molecule has 8 heteroatoms. The Morgan fingerprint density at radius 1 is 1.03 bits per heavy atom. The zero-order valence-electron chi connectivity index (χ0n) is 16.0. The Morgan fingerprint density at radius 3 is 2.50 bits per heavy atom. The fourth-order valence-electron chi connectivity index (χ4n) is 3.64. The highest BCUT2D eigenvalue weighted by Gasteiger charge is 2.46. The molecular formula is C22H19FN4O3. The number of likely N-dealkylation sites (tertiary alicyclic amines) is 1. The van der Waals surface area contributed by atoms with E-state index in [1.165, 1.54) is 47.6 Å². The first-order valence-corrected chi connectivity index (χ1v) is 9.47. The van der Waals surface area contributed by atoms with Gasteiger partial charge >= 0.3 is 0 Å². The molecule has 0 saturated carbocycles. The maximum atomic E-state index is 14.7. The molecule has 7 nitrogen and oxygen atoms in total. The maximum Gasteiger partial charge on any atom is 0.295 e. The minimum Gasteiger partial charge on any atom is -0.507 e. The van der Waals surface area contributed by atoms with Crippen molar-refractivity contribution in [1.29, 1.82) is 0 Å². The van der Waals surface area contributed by atoms with Gasteiger partial charge in [-0.3, -0.25) is 14.6 Å². The van der Waals surface area contributed by atoms with Crippen LogP contribution in [0.15, 0.2) is 73.1 Å². The van der Waals surface area contributed by atoms with Crippen molar-refractivity contribution in [1.82, 2.24) is 19.4 Å². The monoisotopic (exact) mass is 406 g/mol. The third kappa shape index (κ3) is 3.59. The minimum absolute atomic E-state index is 0.126. The second kappa shape index (κ2) is 8.28. The van der Waals surface area contributed by atoms with Gasteiger partial charge in [0.15, 0.2) is 0 Å². The maximum absolute atomic E-state index is 14.7. The molecular weight excluding hydrogens is 387 g/mol. The number of hydrogen-bond acceptors (Lipinski definition) is 5. The summed E-state index contributed by atoms with van der Waals surface area (Å²) in [5, 5.41) is 10.8. The Hall–Kier alpha value is -3.81. The number of amides is 1. The molecule has 1 N–H and O–H groups in total. The van der Waals surface area contributed by atoms with E-state index in [2.05, 4.69) is 9.97 Å². The minimum atomic E-state index is -1.01. The number of aliphatic hydroxyl groups excluding tert-OH is 1. The number of carbonyl (C=O) groups is 2. The SMILES string of the molecule is O=C1C(=O)N(CCCn2ccnc2)C(c2ccccc2F)C1=C(O)c1ccncc1. The molecule has 1 saturated heterocycles. The van der Waals surface area contributed by atoms with Gasteiger partial charge in [-0.1, -0.05) is 18.2 Å². The van der Waals surface area contributed by atoms with Crippen molar-refractivity contribution in [3.63, 3.8) is 0 Å². The first-order chi connectivity index (χ1) is 14.6. The third-order valence-electron chi connectivity index (χ3n) is 5.07. The number of carbonyl (C=O) groups excluding carboxylic acids is 2. The zero-order chi connectivity index (χ0) is 21.1. The van der Waals surface area contributed by atoms with E-state index in [1.807, 2.05) is 4.57 Å². The molecule has 1 aliphatic heterocycles. The fourth-order valence-corrected chi connectivity index (χ4v) is 3.64. The van der Waals surface area contributed by atoms with Crippen LogP contribution in [0.25, 0.3) is 5.76 Å². The van der Waals surface area contributed by atoms with Gasteiger partial charge in [0.25, 0.3) is 11.7 Å². The smallest absolute Gasteiger partial charge is 0.295 e. The summed E-state index contributed by atoms with van der Waals surface area (Å²) < 4.78 is 16.5. The first-order valence-electron chi connectivity index (χ1n) is 9.47. The quantitative estimate of drug-likeness (QED) is 0.386. The van der Waals surface area contributed by atoms with E-state index in [4.69, 9.17) is 0 Å². The number of halogens is 1. The van der Waals surface area contributed by atoms with Crippen molar-refractivity contribution >= 4 is 17.4 Å². The standard InChI is InChI=1S/C22H19FN4O3/c23-17-5-2-1-4-16(17)19-18(20(28)15-6-8-24-9-7-15)21(29)22(30)27(19)12-3-11-26-13-10-25-14-26/h1-2,4-10,13-14,19,28H,3,11-12H2. The lowest BCUT2D eigenvalue weighted by molar-refractivity contribution is -0.140. The summed E-state index contributed by atoms with van der Waals surface area (Å²) in [7, 11) is 0. The highest BCUT2D eigenvalue weighted by molar-refractivity contribution is 6.46. The molecule has 152 valence electrons. The predicted octanol–water partition coefficient (Wildman–Crippen LogP) is 2.93. The van der Waals surface area contributed by atoms with Crippen LogP contribution in [-0.4, -0.2) is 42.8 Å². The fraction of sp³-hybridized carbons (Fsp3) is 0.182. The van der Waals surface area contributed by atoms with Crippen molar-refractivity contribution in [2.75, 3.05) is 6.54 Å². The number of aryl methyl sites for hydroxylation is 1. The number of hydrogen-bond donors (Lipinski definition) is 1. The van der Waals surface area contributed by atoms with Crippen LogP contribution in [0.1, 0.15) is 23.6 Å². The Morgan fingerprint density at radius 2 is 1.80 bits per heavy atom. The Kier molecular flexibility index (Phi) is 5.38. The molecule has 0 aliphatic carbocycles. The summed E-state index contributed by atoms with van der Waals surface area (Å²) in [6.07, 6.45) is 8.57. The van der Waals surface area contributed by atoms with Gasteiger partial charge in [0.1, 0.15) is 11.6 Å². The summed E-state index contributed by atoms with van der Waals surface area (Å²) in [6.45, 7) is 0.798. The molecule has 0 bridgehead atoms. The second-order valence-corrected chi connectivity index (χ2v) is 6.90. The van der Waals surface area contributed by atoms with Crippen molar-refractivity contribution in [3.05, 3.63) is 90.0 Å². The number of aromatic nitrogens is 3. The van der Waals surface area contributed by atoms with E-state index in [-0.39, 0.29) is 23.4 Å². The molecule has 1 amide bonds. The normalized spacial score (nSPS) is 18.2. The van der Waals surface area contributed by atoms with Crippen LogP contribution in [0.3, 0.4) is 0 Å². The Bertz CT molecular complexity index is 1100. The number of aliphatic hydroxyl groups is 1. The van der Waals surface area contributed by atoms with Crippen LogP contribution >= 0.6 is 0 Å². The van der Waals surface area contributed by atoms with Crippen molar-refractivity contribution in [2.24, 2.45) is 0 Å². The molecule has 30 heavy (non-hydrogen) atoms. The number of nitrogens with zero attached hydrogens (tertiary/aromatic N) is 4. The number of rotatable bonds is 6. The molecule has 1 aliphatic rings. The van der Waals surface area contributed by atoms with Gasteiger partial charge in [0, 0.05) is 49.0 Å². The number of imidazole rings is 1. The Balaban J connectivity index is 1.74. The van der Waals surface area contributed by atoms with Gasteiger partial charge in [-0.2, -0.15) is 0 Å². The number of pyridine rings is 1. The molecule has 1 fully saturated rings. The van der Waals surface area contributed by atoms with Gasteiger partial charge in [-0.15, -0.1) is 0 Å². The van der Waals surface area contributed by atoms with E-state index in [9.17, 15) is 19.1 Å². The second-order valence-electron chi connectivity index (χ2n) is 6.90. The molecule has 1 aromatic carbocycles. The Labute approximate surface area is 172 Å². The molecule has 3 aromatic rings. The lowest BCUT2D eigenvalue weighted by Gasteiger charge is -2.25. The number of Topliss-reactive ketones (excluding diaryl/α,β-unsaturated/α-hetero) is 1.